The van der Waals surface area contributed by atoms with E-state index in [4.69, 9.17) is 4.74 Å². The van der Waals surface area contributed by atoms with Gasteiger partial charge in [-0.15, -0.1) is 0 Å². The predicted molar refractivity (Wildman–Crippen MR) is 67.0 cm³/mol. The number of hydrogen-bond donors (Lipinski definition) is 1. The molecule has 0 amide bonds. The van der Waals surface area contributed by atoms with Gasteiger partial charge in [-0.1, -0.05) is 39.0 Å². The molecule has 1 aromatic carbocycles. The zero-order valence-electron chi connectivity index (χ0n) is 10.6. The molecule has 1 aromatic rings. The minimum atomic E-state index is -0.759. The van der Waals surface area contributed by atoms with Crippen LogP contribution in [0.4, 0.5) is 0 Å². The molecular formula is C14H20O3. The summed E-state index contributed by atoms with van der Waals surface area (Å²) in [6.07, 6.45) is -0.759. The molecule has 3 nitrogen and oxygen atoms in total. The van der Waals surface area contributed by atoms with E-state index in [2.05, 4.69) is 0 Å². The number of ketones is 1. The lowest BCUT2D eigenvalue weighted by Crippen LogP contribution is -2.33. The summed E-state index contributed by atoms with van der Waals surface area (Å²) in [4.78, 5) is 11.7. The molecule has 2 atom stereocenters. The summed E-state index contributed by atoms with van der Waals surface area (Å²) in [6, 6.07) is 9.27. The zero-order valence-corrected chi connectivity index (χ0v) is 10.6. The Morgan fingerprint density at radius 1 is 1.24 bits per heavy atom. The summed E-state index contributed by atoms with van der Waals surface area (Å²) in [5, 5.41) is 9.85. The van der Waals surface area contributed by atoms with Gasteiger partial charge in [0.2, 0.25) is 0 Å². The van der Waals surface area contributed by atoms with Crippen molar-refractivity contribution in [2.75, 3.05) is 6.61 Å². The molecule has 1 rings (SSSR count). The van der Waals surface area contributed by atoms with Crippen LogP contribution in [-0.4, -0.2) is 23.6 Å². The van der Waals surface area contributed by atoms with Crippen LogP contribution in [0.15, 0.2) is 30.3 Å². The van der Waals surface area contributed by atoms with Gasteiger partial charge in [0.05, 0.1) is 6.10 Å². The highest BCUT2D eigenvalue weighted by Crippen LogP contribution is 2.14. The lowest BCUT2D eigenvalue weighted by molar-refractivity contribution is -0.129. The number of aliphatic hydroxyl groups excluding tert-OH is 1. The van der Waals surface area contributed by atoms with Crippen molar-refractivity contribution in [1.29, 1.82) is 0 Å². The van der Waals surface area contributed by atoms with Crippen LogP contribution in [0, 0.1) is 11.8 Å². The van der Waals surface area contributed by atoms with Crippen LogP contribution in [0.5, 0.6) is 5.75 Å². The van der Waals surface area contributed by atoms with E-state index in [9.17, 15) is 9.90 Å². The third-order valence-corrected chi connectivity index (χ3v) is 2.76. The molecule has 0 saturated heterocycles. The van der Waals surface area contributed by atoms with Crippen molar-refractivity contribution < 1.29 is 14.6 Å². The first-order valence-electron chi connectivity index (χ1n) is 5.92. The highest BCUT2D eigenvalue weighted by Gasteiger charge is 2.24. The highest BCUT2D eigenvalue weighted by atomic mass is 16.5. The second-order valence-electron chi connectivity index (χ2n) is 4.54. The Morgan fingerprint density at radius 3 is 2.35 bits per heavy atom. The Kier molecular flexibility index (Phi) is 5.16. The molecule has 0 unspecified atom stereocenters. The first-order valence-corrected chi connectivity index (χ1v) is 5.92. The third kappa shape index (κ3) is 4.19. The fourth-order valence-electron chi connectivity index (χ4n) is 1.56. The average Bonchev–Trinajstić information content (AvgIpc) is 2.35. The number of carbonyl (C=O) groups excluding carboxylic acids is 1. The van der Waals surface area contributed by atoms with E-state index in [1.54, 1.807) is 6.92 Å². The van der Waals surface area contributed by atoms with Gasteiger partial charge in [-0.3, -0.25) is 4.79 Å². The summed E-state index contributed by atoms with van der Waals surface area (Å²) in [6.45, 7) is 5.55. The Morgan fingerprint density at radius 2 is 1.82 bits per heavy atom. The van der Waals surface area contributed by atoms with E-state index in [1.807, 2.05) is 44.2 Å². The van der Waals surface area contributed by atoms with Gasteiger partial charge in [-0.25, -0.2) is 0 Å². The first kappa shape index (κ1) is 13.7. The molecule has 0 aliphatic rings. The van der Waals surface area contributed by atoms with Crippen molar-refractivity contribution in [3.05, 3.63) is 30.3 Å². The minimum absolute atomic E-state index is 0.0589. The van der Waals surface area contributed by atoms with E-state index in [0.29, 0.717) is 5.75 Å². The molecule has 0 heterocycles. The smallest absolute Gasteiger partial charge is 0.140 e. The molecular weight excluding hydrogens is 216 g/mol. The molecule has 0 bridgehead atoms. The second kappa shape index (κ2) is 6.40. The molecule has 0 aliphatic heterocycles. The molecule has 0 spiro atoms. The number of aliphatic hydroxyl groups is 1. The number of Topliss-reactive ketones (excluding diaryl/α,β-unsaturated/α-hetero) is 1. The Hall–Kier alpha value is -1.35. The van der Waals surface area contributed by atoms with E-state index in [-0.39, 0.29) is 18.3 Å². The van der Waals surface area contributed by atoms with Crippen LogP contribution in [0.25, 0.3) is 0 Å². The summed E-state index contributed by atoms with van der Waals surface area (Å²) in [7, 11) is 0. The number of ether oxygens (including phenoxy) is 1. The second-order valence-corrected chi connectivity index (χ2v) is 4.54. The quantitative estimate of drug-likeness (QED) is 0.824. The van der Waals surface area contributed by atoms with Crippen LogP contribution < -0.4 is 4.74 Å². The topological polar surface area (TPSA) is 46.5 Å². The van der Waals surface area contributed by atoms with E-state index in [1.165, 1.54) is 0 Å². The fourth-order valence-corrected chi connectivity index (χ4v) is 1.56. The van der Waals surface area contributed by atoms with E-state index < -0.39 is 12.0 Å². The Balaban J connectivity index is 2.44. The van der Waals surface area contributed by atoms with Crippen molar-refractivity contribution >= 4 is 5.78 Å². The molecule has 3 heteroatoms. The van der Waals surface area contributed by atoms with Gasteiger partial charge in [-0.2, -0.15) is 0 Å². The maximum atomic E-state index is 11.7. The molecule has 17 heavy (non-hydrogen) atoms. The summed E-state index contributed by atoms with van der Waals surface area (Å²) < 4.78 is 5.42. The SMILES string of the molecule is CC(C)C(=O)[C@@H](C)[C@H](O)COc1ccccc1. The highest BCUT2D eigenvalue weighted by molar-refractivity contribution is 5.82. The number of para-hydroxylation sites is 1. The maximum absolute atomic E-state index is 11.7. The maximum Gasteiger partial charge on any atom is 0.140 e. The number of benzene rings is 1. The van der Waals surface area contributed by atoms with Crippen LogP contribution in [0.3, 0.4) is 0 Å². The molecule has 94 valence electrons. The predicted octanol–water partition coefficient (Wildman–Crippen LogP) is 2.29. The van der Waals surface area contributed by atoms with Crippen molar-refractivity contribution in [3.8, 4) is 5.75 Å². The number of rotatable bonds is 6. The lowest BCUT2D eigenvalue weighted by atomic mass is 9.92. The monoisotopic (exact) mass is 236 g/mol. The summed E-state index contributed by atoms with van der Waals surface area (Å²) in [5.74, 6) is 0.319. The van der Waals surface area contributed by atoms with E-state index in [0.717, 1.165) is 0 Å². The average molecular weight is 236 g/mol. The van der Waals surface area contributed by atoms with Gasteiger partial charge >= 0.3 is 0 Å². The van der Waals surface area contributed by atoms with Gasteiger partial charge in [0.15, 0.2) is 0 Å². The summed E-state index contributed by atoms with van der Waals surface area (Å²) >= 11 is 0. The number of hydrogen-bond acceptors (Lipinski definition) is 3. The first-order chi connectivity index (χ1) is 8.02. The van der Waals surface area contributed by atoms with Crippen molar-refractivity contribution in [1.82, 2.24) is 0 Å². The summed E-state index contributed by atoms with van der Waals surface area (Å²) in [5.41, 5.74) is 0. The number of carbonyl (C=O) groups is 1. The standard InChI is InChI=1S/C14H20O3/c1-10(2)14(16)11(3)13(15)9-17-12-7-5-4-6-8-12/h4-8,10-11,13,15H,9H2,1-3H3/t11-,13+/m0/s1. The minimum Gasteiger partial charge on any atom is -0.491 e. The van der Waals surface area contributed by atoms with Crippen molar-refractivity contribution in [2.45, 2.75) is 26.9 Å². The fraction of sp³-hybridized carbons (Fsp3) is 0.500. The van der Waals surface area contributed by atoms with Crippen molar-refractivity contribution in [3.63, 3.8) is 0 Å². The van der Waals surface area contributed by atoms with E-state index >= 15 is 0 Å². The van der Waals surface area contributed by atoms with Crippen molar-refractivity contribution in [2.24, 2.45) is 11.8 Å². The normalized spacial score (nSPS) is 14.4. The van der Waals surface area contributed by atoms with Crippen LogP contribution in [0.2, 0.25) is 0 Å². The van der Waals surface area contributed by atoms with Crippen LogP contribution >= 0.6 is 0 Å². The molecule has 0 radical (unpaired) electrons. The van der Waals surface area contributed by atoms with Gasteiger partial charge in [0.25, 0.3) is 0 Å². The Labute approximate surface area is 102 Å². The molecule has 0 aromatic heterocycles. The molecule has 0 aliphatic carbocycles. The van der Waals surface area contributed by atoms with Crippen LogP contribution in [0.1, 0.15) is 20.8 Å². The van der Waals surface area contributed by atoms with Crippen LogP contribution in [-0.2, 0) is 4.79 Å². The molecule has 0 saturated carbocycles. The van der Waals surface area contributed by atoms with Gasteiger partial charge in [-0.05, 0) is 12.1 Å². The largest absolute Gasteiger partial charge is 0.491 e. The lowest BCUT2D eigenvalue weighted by Gasteiger charge is -2.19. The van der Waals surface area contributed by atoms with Gasteiger partial charge in [0, 0.05) is 11.8 Å². The Bertz CT molecular complexity index is 346. The zero-order chi connectivity index (χ0) is 12.8. The third-order valence-electron chi connectivity index (χ3n) is 2.76. The van der Waals surface area contributed by atoms with Gasteiger partial charge in [0.1, 0.15) is 18.1 Å². The van der Waals surface area contributed by atoms with Gasteiger partial charge < -0.3 is 9.84 Å². The molecule has 0 fully saturated rings. The molecule has 1 N–H and O–H groups in total.